The highest BCUT2D eigenvalue weighted by molar-refractivity contribution is 9.10. The minimum absolute atomic E-state index is 0.0379. The fraction of sp³-hybridized carbons (Fsp3) is 0.222. The van der Waals surface area contributed by atoms with Crippen molar-refractivity contribution in [3.63, 3.8) is 0 Å². The highest BCUT2D eigenvalue weighted by atomic mass is 79.9. The first-order valence-corrected chi connectivity index (χ1v) is 9.30. The summed E-state index contributed by atoms with van der Waals surface area (Å²) in [6.07, 6.45) is 0.401. The molecule has 0 saturated heterocycles. The lowest BCUT2D eigenvalue weighted by atomic mass is 10.3. The van der Waals surface area contributed by atoms with Gasteiger partial charge in [0, 0.05) is 28.6 Å². The predicted molar refractivity (Wildman–Crippen MR) is 102 cm³/mol. The van der Waals surface area contributed by atoms with Crippen LogP contribution in [-0.2, 0) is 9.59 Å². The van der Waals surface area contributed by atoms with E-state index in [9.17, 15) is 9.59 Å². The van der Waals surface area contributed by atoms with Crippen molar-refractivity contribution in [3.8, 4) is 0 Å². The van der Waals surface area contributed by atoms with E-state index in [1.807, 2.05) is 48.5 Å². The zero-order chi connectivity index (χ0) is 17.4. The maximum atomic E-state index is 12.1. The Hall–Kier alpha value is -1.79. The molecule has 4 nitrogen and oxygen atoms in total. The Kier molecular flexibility index (Phi) is 7.34. The molecule has 1 N–H and O–H groups in total. The standard InChI is InChI=1S/C18H19BrN2O2S/c1-21(13-17(22)20-16-10-6-5-9-15(16)19)18(23)11-12-24-14-7-3-2-4-8-14/h2-10H,11-13H2,1H3,(H,20,22). The third-order valence-electron chi connectivity index (χ3n) is 3.28. The van der Waals surface area contributed by atoms with Crippen molar-refractivity contribution in [1.82, 2.24) is 4.90 Å². The molecule has 0 aromatic heterocycles. The summed E-state index contributed by atoms with van der Waals surface area (Å²) in [4.78, 5) is 26.7. The maximum Gasteiger partial charge on any atom is 0.244 e. The Balaban J connectivity index is 1.74. The van der Waals surface area contributed by atoms with Gasteiger partial charge in [0.1, 0.15) is 0 Å². The zero-order valence-electron chi connectivity index (χ0n) is 13.4. The van der Waals surface area contributed by atoms with E-state index < -0.39 is 0 Å². The van der Waals surface area contributed by atoms with Gasteiger partial charge in [-0.3, -0.25) is 9.59 Å². The Morgan fingerprint density at radius 3 is 2.46 bits per heavy atom. The van der Waals surface area contributed by atoms with Crippen LogP contribution >= 0.6 is 27.7 Å². The van der Waals surface area contributed by atoms with Gasteiger partial charge in [0.05, 0.1) is 12.2 Å². The highest BCUT2D eigenvalue weighted by Gasteiger charge is 2.13. The number of para-hydroxylation sites is 1. The molecule has 24 heavy (non-hydrogen) atoms. The minimum Gasteiger partial charge on any atom is -0.336 e. The molecule has 0 fully saturated rings. The molecule has 6 heteroatoms. The molecule has 2 aromatic rings. The lowest BCUT2D eigenvalue weighted by molar-refractivity contribution is -0.132. The second-order valence-corrected chi connectivity index (χ2v) is 7.21. The summed E-state index contributed by atoms with van der Waals surface area (Å²) in [6.45, 7) is 0.0379. The third kappa shape index (κ3) is 6.02. The zero-order valence-corrected chi connectivity index (χ0v) is 15.8. The molecule has 0 bridgehead atoms. The van der Waals surface area contributed by atoms with Crippen LogP contribution in [0.15, 0.2) is 64.0 Å². The normalized spacial score (nSPS) is 10.2. The van der Waals surface area contributed by atoms with Gasteiger partial charge >= 0.3 is 0 Å². The van der Waals surface area contributed by atoms with Crippen molar-refractivity contribution in [3.05, 3.63) is 59.1 Å². The molecule has 2 aromatic carbocycles. The Morgan fingerprint density at radius 2 is 1.75 bits per heavy atom. The van der Waals surface area contributed by atoms with E-state index in [2.05, 4.69) is 21.2 Å². The van der Waals surface area contributed by atoms with Gasteiger partial charge in [0.2, 0.25) is 11.8 Å². The molecule has 0 aliphatic heterocycles. The second-order valence-electron chi connectivity index (χ2n) is 5.19. The van der Waals surface area contributed by atoms with Crippen molar-refractivity contribution in [1.29, 1.82) is 0 Å². The number of nitrogens with zero attached hydrogens (tertiary/aromatic N) is 1. The summed E-state index contributed by atoms with van der Waals surface area (Å²) in [5.41, 5.74) is 0.697. The summed E-state index contributed by atoms with van der Waals surface area (Å²) in [6, 6.07) is 17.3. The van der Waals surface area contributed by atoms with E-state index in [0.717, 1.165) is 9.37 Å². The number of hydrogen-bond acceptors (Lipinski definition) is 3. The first kappa shape index (κ1) is 18.5. The molecule has 0 aliphatic rings. The van der Waals surface area contributed by atoms with E-state index in [0.29, 0.717) is 17.9 Å². The van der Waals surface area contributed by atoms with Gasteiger partial charge in [0.15, 0.2) is 0 Å². The Labute approximate surface area is 154 Å². The van der Waals surface area contributed by atoms with Crippen LogP contribution in [0.2, 0.25) is 0 Å². The lowest BCUT2D eigenvalue weighted by Gasteiger charge is -2.17. The summed E-state index contributed by atoms with van der Waals surface area (Å²) in [5.74, 6) is 0.438. The summed E-state index contributed by atoms with van der Waals surface area (Å²) >= 11 is 5.01. The molecule has 126 valence electrons. The quantitative estimate of drug-likeness (QED) is 0.706. The Bertz CT molecular complexity index is 694. The van der Waals surface area contributed by atoms with E-state index in [4.69, 9.17) is 0 Å². The fourth-order valence-electron chi connectivity index (χ4n) is 2.02. The number of rotatable bonds is 7. The minimum atomic E-state index is -0.214. The lowest BCUT2D eigenvalue weighted by Crippen LogP contribution is -2.35. The summed E-state index contributed by atoms with van der Waals surface area (Å²) in [7, 11) is 1.65. The molecular weight excluding hydrogens is 388 g/mol. The predicted octanol–water partition coefficient (Wildman–Crippen LogP) is 4.03. The topological polar surface area (TPSA) is 49.4 Å². The number of anilines is 1. The average Bonchev–Trinajstić information content (AvgIpc) is 2.57. The average molecular weight is 407 g/mol. The molecule has 0 spiro atoms. The van der Waals surface area contributed by atoms with Crippen molar-refractivity contribution in [2.45, 2.75) is 11.3 Å². The number of carbonyl (C=O) groups excluding carboxylic acids is 2. The molecular formula is C18H19BrN2O2S. The number of halogens is 1. The van der Waals surface area contributed by atoms with Crippen LogP contribution < -0.4 is 5.32 Å². The number of nitrogens with one attached hydrogen (secondary N) is 1. The van der Waals surface area contributed by atoms with Crippen molar-refractivity contribution >= 4 is 45.2 Å². The van der Waals surface area contributed by atoms with E-state index in [1.54, 1.807) is 24.9 Å². The summed E-state index contributed by atoms with van der Waals surface area (Å²) in [5, 5.41) is 2.79. The Morgan fingerprint density at radius 1 is 1.08 bits per heavy atom. The number of amides is 2. The van der Waals surface area contributed by atoms with E-state index in [1.165, 1.54) is 4.90 Å². The van der Waals surface area contributed by atoms with Crippen LogP contribution in [0.5, 0.6) is 0 Å². The van der Waals surface area contributed by atoms with Crippen molar-refractivity contribution < 1.29 is 9.59 Å². The van der Waals surface area contributed by atoms with E-state index in [-0.39, 0.29) is 18.4 Å². The van der Waals surface area contributed by atoms with Crippen LogP contribution in [0, 0.1) is 0 Å². The van der Waals surface area contributed by atoms with E-state index >= 15 is 0 Å². The molecule has 0 heterocycles. The number of benzene rings is 2. The highest BCUT2D eigenvalue weighted by Crippen LogP contribution is 2.21. The van der Waals surface area contributed by atoms with Gasteiger partial charge < -0.3 is 10.2 Å². The van der Waals surface area contributed by atoms with Crippen LogP contribution in [0.3, 0.4) is 0 Å². The molecule has 0 saturated carbocycles. The van der Waals surface area contributed by atoms with Crippen LogP contribution in [0.4, 0.5) is 5.69 Å². The molecule has 0 aliphatic carbocycles. The number of carbonyl (C=O) groups is 2. The van der Waals surface area contributed by atoms with Gasteiger partial charge in [-0.05, 0) is 40.2 Å². The first-order valence-electron chi connectivity index (χ1n) is 7.52. The largest absolute Gasteiger partial charge is 0.336 e. The number of thioether (sulfide) groups is 1. The maximum absolute atomic E-state index is 12.1. The first-order chi connectivity index (χ1) is 11.6. The van der Waals surface area contributed by atoms with Gasteiger partial charge in [-0.2, -0.15) is 0 Å². The van der Waals surface area contributed by atoms with Crippen LogP contribution in [-0.4, -0.2) is 36.1 Å². The van der Waals surface area contributed by atoms with Crippen LogP contribution in [0.25, 0.3) is 0 Å². The van der Waals surface area contributed by atoms with Crippen molar-refractivity contribution in [2.24, 2.45) is 0 Å². The van der Waals surface area contributed by atoms with Gasteiger partial charge in [-0.25, -0.2) is 0 Å². The SMILES string of the molecule is CN(CC(=O)Nc1ccccc1Br)C(=O)CCSc1ccccc1. The smallest absolute Gasteiger partial charge is 0.244 e. The molecule has 0 atom stereocenters. The van der Waals surface area contributed by atoms with Gasteiger partial charge in [-0.1, -0.05) is 30.3 Å². The molecule has 0 radical (unpaired) electrons. The van der Waals surface area contributed by atoms with Crippen molar-refractivity contribution in [2.75, 3.05) is 24.7 Å². The third-order valence-corrected chi connectivity index (χ3v) is 4.99. The fourth-order valence-corrected chi connectivity index (χ4v) is 3.27. The second kappa shape index (κ2) is 9.49. The van der Waals surface area contributed by atoms with Gasteiger partial charge in [-0.15, -0.1) is 11.8 Å². The van der Waals surface area contributed by atoms with Gasteiger partial charge in [0.25, 0.3) is 0 Å². The number of hydrogen-bond donors (Lipinski definition) is 1. The van der Waals surface area contributed by atoms with Crippen LogP contribution in [0.1, 0.15) is 6.42 Å². The monoisotopic (exact) mass is 406 g/mol. The molecule has 2 amide bonds. The summed E-state index contributed by atoms with van der Waals surface area (Å²) < 4.78 is 0.812. The molecule has 2 rings (SSSR count). The molecule has 0 unspecified atom stereocenters. The number of likely N-dealkylation sites (N-methyl/N-ethyl adjacent to an activating group) is 1.